The summed E-state index contributed by atoms with van der Waals surface area (Å²) in [7, 11) is 1.59. The fourth-order valence-corrected chi connectivity index (χ4v) is 2.39. The SMILES string of the molecule is COc1ccc(-c2noc(CNc3ccc(OC(F)F)c(Cl)c3)n2)cc1. The number of methoxy groups -OCH3 is 1. The number of ether oxygens (including phenoxy) is 2. The molecule has 0 spiro atoms. The summed E-state index contributed by atoms with van der Waals surface area (Å²) in [5.74, 6) is 1.45. The van der Waals surface area contributed by atoms with Gasteiger partial charge in [-0.1, -0.05) is 16.8 Å². The van der Waals surface area contributed by atoms with Crippen LogP contribution in [0, 0.1) is 0 Å². The van der Waals surface area contributed by atoms with Crippen LogP contribution in [0.15, 0.2) is 47.0 Å². The fourth-order valence-electron chi connectivity index (χ4n) is 2.16. The summed E-state index contributed by atoms with van der Waals surface area (Å²) in [5, 5.41) is 7.01. The summed E-state index contributed by atoms with van der Waals surface area (Å²) >= 11 is 5.90. The van der Waals surface area contributed by atoms with Crippen LogP contribution in [0.2, 0.25) is 5.02 Å². The molecule has 6 nitrogen and oxygen atoms in total. The predicted octanol–water partition coefficient (Wildman–Crippen LogP) is 4.61. The van der Waals surface area contributed by atoms with Crippen LogP contribution < -0.4 is 14.8 Å². The first-order valence-corrected chi connectivity index (χ1v) is 7.88. The zero-order valence-electron chi connectivity index (χ0n) is 13.6. The zero-order chi connectivity index (χ0) is 18.5. The third kappa shape index (κ3) is 4.40. The summed E-state index contributed by atoms with van der Waals surface area (Å²) in [5.41, 5.74) is 1.39. The zero-order valence-corrected chi connectivity index (χ0v) is 14.3. The van der Waals surface area contributed by atoms with Crippen molar-refractivity contribution in [1.29, 1.82) is 0 Å². The highest BCUT2D eigenvalue weighted by Crippen LogP contribution is 2.29. The maximum Gasteiger partial charge on any atom is 0.387 e. The van der Waals surface area contributed by atoms with Crippen molar-refractivity contribution in [1.82, 2.24) is 10.1 Å². The highest BCUT2D eigenvalue weighted by Gasteiger charge is 2.11. The second kappa shape index (κ2) is 8.01. The van der Waals surface area contributed by atoms with Gasteiger partial charge in [0.15, 0.2) is 0 Å². The van der Waals surface area contributed by atoms with Crippen molar-refractivity contribution in [3.05, 3.63) is 53.4 Å². The van der Waals surface area contributed by atoms with Crippen LogP contribution in [-0.2, 0) is 6.54 Å². The number of benzene rings is 2. The molecule has 1 aromatic heterocycles. The molecule has 0 amide bonds. The molecule has 0 unspecified atom stereocenters. The molecule has 3 rings (SSSR count). The Bertz CT molecular complexity index is 872. The number of halogens is 3. The number of hydrogen-bond donors (Lipinski definition) is 1. The summed E-state index contributed by atoms with van der Waals surface area (Å²) in [6.07, 6.45) is 0. The Morgan fingerprint density at radius 3 is 2.62 bits per heavy atom. The number of hydrogen-bond acceptors (Lipinski definition) is 6. The van der Waals surface area contributed by atoms with Gasteiger partial charge in [0.05, 0.1) is 18.7 Å². The fraction of sp³-hybridized carbons (Fsp3) is 0.176. The monoisotopic (exact) mass is 381 g/mol. The number of nitrogens with zero attached hydrogens (tertiary/aromatic N) is 2. The van der Waals surface area contributed by atoms with Crippen molar-refractivity contribution in [2.24, 2.45) is 0 Å². The quantitative estimate of drug-likeness (QED) is 0.644. The van der Waals surface area contributed by atoms with E-state index in [1.54, 1.807) is 25.3 Å². The number of rotatable bonds is 7. The van der Waals surface area contributed by atoms with Crippen LogP contribution in [0.25, 0.3) is 11.4 Å². The van der Waals surface area contributed by atoms with Gasteiger partial charge in [0, 0.05) is 11.3 Å². The molecule has 1 heterocycles. The van der Waals surface area contributed by atoms with Crippen LogP contribution in [0.1, 0.15) is 5.89 Å². The highest BCUT2D eigenvalue weighted by molar-refractivity contribution is 6.32. The van der Waals surface area contributed by atoms with Gasteiger partial charge in [0.1, 0.15) is 11.5 Å². The lowest BCUT2D eigenvalue weighted by Crippen LogP contribution is -2.03. The Morgan fingerprint density at radius 1 is 1.19 bits per heavy atom. The second-order valence-electron chi connectivity index (χ2n) is 5.12. The molecule has 26 heavy (non-hydrogen) atoms. The molecule has 0 saturated carbocycles. The molecule has 0 fully saturated rings. The lowest BCUT2D eigenvalue weighted by atomic mass is 10.2. The summed E-state index contributed by atoms with van der Waals surface area (Å²) in [6, 6.07) is 11.6. The van der Waals surface area contributed by atoms with Crippen molar-refractivity contribution >= 4 is 17.3 Å². The van der Waals surface area contributed by atoms with Gasteiger partial charge >= 0.3 is 6.61 Å². The van der Waals surface area contributed by atoms with Gasteiger partial charge in [0.2, 0.25) is 11.7 Å². The maximum absolute atomic E-state index is 12.2. The molecule has 9 heteroatoms. The normalized spacial score (nSPS) is 10.8. The minimum atomic E-state index is -2.93. The van der Waals surface area contributed by atoms with Crippen LogP contribution in [-0.4, -0.2) is 23.9 Å². The van der Waals surface area contributed by atoms with Gasteiger partial charge in [-0.15, -0.1) is 0 Å². The van der Waals surface area contributed by atoms with E-state index in [0.29, 0.717) is 17.4 Å². The van der Waals surface area contributed by atoms with Crippen molar-refractivity contribution in [2.75, 3.05) is 12.4 Å². The molecule has 3 aromatic rings. The van der Waals surface area contributed by atoms with E-state index in [4.69, 9.17) is 20.9 Å². The number of alkyl halides is 2. The molecule has 0 atom stereocenters. The van der Waals surface area contributed by atoms with E-state index in [-0.39, 0.29) is 17.3 Å². The molecule has 0 aliphatic carbocycles. The Morgan fingerprint density at radius 2 is 1.96 bits per heavy atom. The van der Waals surface area contributed by atoms with E-state index < -0.39 is 6.61 Å². The molecule has 1 N–H and O–H groups in total. The van der Waals surface area contributed by atoms with Crippen molar-refractivity contribution in [3.8, 4) is 22.9 Å². The molecule has 0 aliphatic heterocycles. The van der Waals surface area contributed by atoms with E-state index in [0.717, 1.165) is 11.3 Å². The van der Waals surface area contributed by atoms with E-state index in [1.807, 2.05) is 12.1 Å². The number of nitrogens with one attached hydrogen (secondary N) is 1. The third-order valence-electron chi connectivity index (χ3n) is 3.41. The number of anilines is 1. The minimum Gasteiger partial charge on any atom is -0.497 e. The maximum atomic E-state index is 12.2. The lowest BCUT2D eigenvalue weighted by molar-refractivity contribution is -0.0497. The average molecular weight is 382 g/mol. The molecule has 2 aromatic carbocycles. The van der Waals surface area contributed by atoms with Gasteiger partial charge < -0.3 is 19.3 Å². The number of aromatic nitrogens is 2. The topological polar surface area (TPSA) is 69.4 Å². The van der Waals surface area contributed by atoms with Gasteiger partial charge in [-0.05, 0) is 42.5 Å². The van der Waals surface area contributed by atoms with E-state index in [1.165, 1.54) is 12.1 Å². The Hall–Kier alpha value is -2.87. The highest BCUT2D eigenvalue weighted by atomic mass is 35.5. The van der Waals surface area contributed by atoms with E-state index in [2.05, 4.69) is 20.2 Å². The first kappa shape index (κ1) is 17.9. The first-order valence-electron chi connectivity index (χ1n) is 7.50. The van der Waals surface area contributed by atoms with Gasteiger partial charge in [0.25, 0.3) is 0 Å². The van der Waals surface area contributed by atoms with Crippen LogP contribution in [0.5, 0.6) is 11.5 Å². The van der Waals surface area contributed by atoms with Gasteiger partial charge in [-0.2, -0.15) is 13.8 Å². The second-order valence-corrected chi connectivity index (χ2v) is 5.52. The standard InChI is InChI=1S/C17H14ClF2N3O3/c1-24-12-5-2-10(3-6-12)16-22-15(26-23-16)9-21-11-4-7-14(13(18)8-11)25-17(19)20/h2-8,17,21H,9H2,1H3. The lowest BCUT2D eigenvalue weighted by Gasteiger charge is -2.09. The minimum absolute atomic E-state index is 0.0692. The smallest absolute Gasteiger partial charge is 0.387 e. The summed E-state index contributed by atoms with van der Waals surface area (Å²) < 4.78 is 39.0. The Kier molecular flexibility index (Phi) is 5.52. The van der Waals surface area contributed by atoms with Crippen molar-refractivity contribution < 1.29 is 22.8 Å². The molecule has 0 aliphatic rings. The van der Waals surface area contributed by atoms with Crippen molar-refractivity contribution in [2.45, 2.75) is 13.2 Å². The Labute approximate surface area is 152 Å². The largest absolute Gasteiger partial charge is 0.497 e. The molecule has 0 saturated heterocycles. The van der Waals surface area contributed by atoms with Crippen molar-refractivity contribution in [3.63, 3.8) is 0 Å². The van der Waals surface area contributed by atoms with Gasteiger partial charge in [-0.3, -0.25) is 0 Å². The average Bonchev–Trinajstić information content (AvgIpc) is 3.11. The molecular formula is C17H14ClF2N3O3. The van der Waals surface area contributed by atoms with Gasteiger partial charge in [-0.25, -0.2) is 0 Å². The summed E-state index contributed by atoms with van der Waals surface area (Å²) in [6.45, 7) is -2.68. The molecule has 136 valence electrons. The predicted molar refractivity (Wildman–Crippen MR) is 91.7 cm³/mol. The molecular weight excluding hydrogens is 368 g/mol. The molecule has 0 bridgehead atoms. The first-order chi connectivity index (χ1) is 12.5. The van der Waals surface area contributed by atoms with E-state index in [9.17, 15) is 8.78 Å². The molecule has 0 radical (unpaired) electrons. The Balaban J connectivity index is 1.63. The van der Waals surface area contributed by atoms with Crippen LogP contribution in [0.3, 0.4) is 0 Å². The van der Waals surface area contributed by atoms with E-state index >= 15 is 0 Å². The van der Waals surface area contributed by atoms with Crippen LogP contribution in [0.4, 0.5) is 14.5 Å². The summed E-state index contributed by atoms with van der Waals surface area (Å²) in [4.78, 5) is 4.29. The van der Waals surface area contributed by atoms with Crippen LogP contribution >= 0.6 is 11.6 Å². The third-order valence-corrected chi connectivity index (χ3v) is 3.70.